The van der Waals surface area contributed by atoms with Gasteiger partial charge in [-0.2, -0.15) is 0 Å². The highest BCUT2D eigenvalue weighted by molar-refractivity contribution is 5.62. The molecule has 1 aliphatic heterocycles. The lowest BCUT2D eigenvalue weighted by atomic mass is 10.0. The molecule has 1 aromatic carbocycles. The summed E-state index contributed by atoms with van der Waals surface area (Å²) in [6.45, 7) is 9.45. The van der Waals surface area contributed by atoms with E-state index in [0.717, 1.165) is 44.0 Å². The highest BCUT2D eigenvalue weighted by atomic mass is 16.5. The van der Waals surface area contributed by atoms with Gasteiger partial charge in [0, 0.05) is 43.9 Å². The third kappa shape index (κ3) is 2.76. The molecule has 2 aromatic rings. The van der Waals surface area contributed by atoms with Crippen molar-refractivity contribution in [2.24, 2.45) is 0 Å². The summed E-state index contributed by atoms with van der Waals surface area (Å²) in [5, 5.41) is 7.37. The van der Waals surface area contributed by atoms with Gasteiger partial charge in [0.2, 0.25) is 0 Å². The van der Waals surface area contributed by atoms with E-state index in [0.29, 0.717) is 0 Å². The largest absolute Gasteiger partial charge is 0.356 e. The summed E-state index contributed by atoms with van der Waals surface area (Å²) in [7, 11) is 0. The van der Waals surface area contributed by atoms with Crippen LogP contribution < -0.4 is 5.32 Å². The van der Waals surface area contributed by atoms with Crippen molar-refractivity contribution in [3.63, 3.8) is 0 Å². The highest BCUT2D eigenvalue weighted by Gasteiger charge is 2.16. The van der Waals surface area contributed by atoms with Crippen LogP contribution in [0.25, 0.3) is 11.3 Å². The lowest BCUT2D eigenvalue weighted by Crippen LogP contribution is -2.42. The first kappa shape index (κ1) is 13.3. The number of aryl methyl sites for hydroxylation is 2. The number of hydrogen-bond donors (Lipinski definition) is 1. The number of nitrogens with one attached hydrogen (secondary N) is 1. The molecule has 0 spiro atoms. The zero-order chi connectivity index (χ0) is 13.9. The van der Waals surface area contributed by atoms with Gasteiger partial charge in [0.1, 0.15) is 0 Å². The molecule has 1 aliphatic rings. The maximum atomic E-state index is 5.49. The summed E-state index contributed by atoms with van der Waals surface area (Å²) >= 11 is 0. The lowest BCUT2D eigenvalue weighted by molar-refractivity contribution is 0.233. The molecule has 3 rings (SSSR count). The fourth-order valence-corrected chi connectivity index (χ4v) is 2.60. The van der Waals surface area contributed by atoms with E-state index in [1.807, 2.05) is 6.20 Å². The summed E-state index contributed by atoms with van der Waals surface area (Å²) in [6.07, 6.45) is 1.85. The Balaban J connectivity index is 1.83. The van der Waals surface area contributed by atoms with Gasteiger partial charge in [0.05, 0.1) is 6.20 Å². The van der Waals surface area contributed by atoms with E-state index in [1.165, 1.54) is 16.7 Å². The molecular formula is C16H21N3O. The van der Waals surface area contributed by atoms with Crippen LogP contribution in [0.4, 0.5) is 0 Å². The van der Waals surface area contributed by atoms with Crippen LogP contribution in [-0.4, -0.2) is 36.2 Å². The van der Waals surface area contributed by atoms with E-state index in [4.69, 9.17) is 4.52 Å². The smallest absolute Gasteiger partial charge is 0.171 e. The number of benzene rings is 1. The molecule has 0 unspecified atom stereocenters. The SMILES string of the molecule is Cc1ccc(-c2oncc2CN2CCNCC2)cc1C. The molecule has 0 radical (unpaired) electrons. The van der Waals surface area contributed by atoms with Crippen LogP contribution >= 0.6 is 0 Å². The number of piperazine rings is 1. The minimum absolute atomic E-state index is 0.909. The molecule has 4 nitrogen and oxygen atoms in total. The fraction of sp³-hybridized carbons (Fsp3) is 0.438. The van der Waals surface area contributed by atoms with Gasteiger partial charge in [-0.3, -0.25) is 4.90 Å². The van der Waals surface area contributed by atoms with Gasteiger partial charge in [-0.05, 0) is 31.0 Å². The molecule has 0 aliphatic carbocycles. The van der Waals surface area contributed by atoms with E-state index >= 15 is 0 Å². The van der Waals surface area contributed by atoms with Crippen molar-refractivity contribution < 1.29 is 4.52 Å². The molecule has 0 amide bonds. The summed E-state index contributed by atoms with van der Waals surface area (Å²) in [5.41, 5.74) is 4.88. The topological polar surface area (TPSA) is 41.3 Å². The fourth-order valence-electron chi connectivity index (χ4n) is 2.60. The lowest BCUT2D eigenvalue weighted by Gasteiger charge is -2.26. The van der Waals surface area contributed by atoms with E-state index in [1.54, 1.807) is 0 Å². The predicted octanol–water partition coefficient (Wildman–Crippen LogP) is 2.36. The van der Waals surface area contributed by atoms with Crippen molar-refractivity contribution in [3.8, 4) is 11.3 Å². The highest BCUT2D eigenvalue weighted by Crippen LogP contribution is 2.26. The molecule has 1 aromatic heterocycles. The molecule has 4 heteroatoms. The number of nitrogens with zero attached hydrogens (tertiary/aromatic N) is 2. The second-order valence-electron chi connectivity index (χ2n) is 5.51. The Bertz CT molecular complexity index is 585. The Morgan fingerprint density at radius 3 is 2.75 bits per heavy atom. The standard InChI is InChI=1S/C16H21N3O/c1-12-3-4-14(9-13(12)2)16-15(10-18-20-16)11-19-7-5-17-6-8-19/h3-4,9-10,17H,5-8,11H2,1-2H3. The zero-order valence-electron chi connectivity index (χ0n) is 12.1. The molecule has 1 N–H and O–H groups in total. The van der Waals surface area contributed by atoms with E-state index < -0.39 is 0 Å². The second kappa shape index (κ2) is 5.77. The number of hydrogen-bond acceptors (Lipinski definition) is 4. The Labute approximate surface area is 119 Å². The molecule has 0 bridgehead atoms. The van der Waals surface area contributed by atoms with E-state index in [9.17, 15) is 0 Å². The first-order valence-electron chi connectivity index (χ1n) is 7.18. The van der Waals surface area contributed by atoms with Crippen molar-refractivity contribution >= 4 is 0 Å². The summed E-state index contributed by atoms with van der Waals surface area (Å²) in [6, 6.07) is 6.43. The number of aromatic nitrogens is 1. The van der Waals surface area contributed by atoms with Crippen molar-refractivity contribution in [1.29, 1.82) is 0 Å². The molecule has 2 heterocycles. The molecule has 106 valence electrons. The van der Waals surface area contributed by atoms with E-state index in [2.05, 4.69) is 47.4 Å². The Morgan fingerprint density at radius 2 is 2.00 bits per heavy atom. The van der Waals surface area contributed by atoms with Crippen molar-refractivity contribution in [2.75, 3.05) is 26.2 Å². The molecule has 20 heavy (non-hydrogen) atoms. The van der Waals surface area contributed by atoms with Crippen molar-refractivity contribution in [3.05, 3.63) is 41.1 Å². The molecule has 1 saturated heterocycles. The zero-order valence-corrected chi connectivity index (χ0v) is 12.1. The van der Waals surface area contributed by atoms with Crippen LogP contribution in [-0.2, 0) is 6.54 Å². The summed E-state index contributed by atoms with van der Waals surface area (Å²) in [4.78, 5) is 2.44. The van der Waals surface area contributed by atoms with Crippen LogP contribution in [0.1, 0.15) is 16.7 Å². The molecular weight excluding hydrogens is 250 g/mol. The Hall–Kier alpha value is -1.65. The maximum Gasteiger partial charge on any atom is 0.171 e. The van der Waals surface area contributed by atoms with Crippen molar-refractivity contribution in [2.45, 2.75) is 20.4 Å². The molecule has 1 fully saturated rings. The summed E-state index contributed by atoms with van der Waals surface area (Å²) < 4.78 is 5.49. The van der Waals surface area contributed by atoms with Crippen LogP contribution in [0.5, 0.6) is 0 Å². The van der Waals surface area contributed by atoms with Gasteiger partial charge < -0.3 is 9.84 Å². The van der Waals surface area contributed by atoms with Gasteiger partial charge in [-0.25, -0.2) is 0 Å². The minimum Gasteiger partial charge on any atom is -0.356 e. The maximum absolute atomic E-state index is 5.49. The normalized spacial score (nSPS) is 16.5. The van der Waals surface area contributed by atoms with Gasteiger partial charge in [-0.15, -0.1) is 0 Å². The minimum atomic E-state index is 0.909. The van der Waals surface area contributed by atoms with Crippen molar-refractivity contribution in [1.82, 2.24) is 15.4 Å². The second-order valence-corrected chi connectivity index (χ2v) is 5.51. The van der Waals surface area contributed by atoms with Gasteiger partial charge in [-0.1, -0.05) is 17.3 Å². The monoisotopic (exact) mass is 271 g/mol. The Kier molecular flexibility index (Phi) is 3.85. The third-order valence-electron chi connectivity index (χ3n) is 4.02. The van der Waals surface area contributed by atoms with Crippen LogP contribution in [0.15, 0.2) is 28.9 Å². The van der Waals surface area contributed by atoms with Gasteiger partial charge >= 0.3 is 0 Å². The Morgan fingerprint density at radius 1 is 1.20 bits per heavy atom. The summed E-state index contributed by atoms with van der Waals surface area (Å²) in [5.74, 6) is 0.909. The van der Waals surface area contributed by atoms with Gasteiger partial charge in [0.25, 0.3) is 0 Å². The molecule has 0 saturated carbocycles. The first-order valence-corrected chi connectivity index (χ1v) is 7.18. The van der Waals surface area contributed by atoms with Crippen LogP contribution in [0, 0.1) is 13.8 Å². The average molecular weight is 271 g/mol. The van der Waals surface area contributed by atoms with E-state index in [-0.39, 0.29) is 0 Å². The average Bonchev–Trinajstić information content (AvgIpc) is 2.91. The third-order valence-corrected chi connectivity index (χ3v) is 4.02. The van der Waals surface area contributed by atoms with Gasteiger partial charge in [0.15, 0.2) is 5.76 Å². The predicted molar refractivity (Wildman–Crippen MR) is 79.6 cm³/mol. The quantitative estimate of drug-likeness (QED) is 0.930. The number of rotatable bonds is 3. The van der Waals surface area contributed by atoms with Crippen LogP contribution in [0.2, 0.25) is 0 Å². The molecule has 0 atom stereocenters. The van der Waals surface area contributed by atoms with Crippen LogP contribution in [0.3, 0.4) is 0 Å². The first-order chi connectivity index (χ1) is 9.74.